The summed E-state index contributed by atoms with van der Waals surface area (Å²) in [6.07, 6.45) is 0. The molecule has 8 nitrogen and oxygen atoms in total. The maximum absolute atomic E-state index is 11.5. The number of amides is 3. The van der Waals surface area contributed by atoms with Crippen molar-refractivity contribution in [1.29, 1.82) is 0 Å². The van der Waals surface area contributed by atoms with Gasteiger partial charge in [0.1, 0.15) is 6.54 Å². The monoisotopic (exact) mass is 250 g/mol. The number of urea groups is 1. The molecule has 3 amide bonds. The summed E-state index contributed by atoms with van der Waals surface area (Å²) in [5, 5.41) is 11.9. The first-order valence-corrected chi connectivity index (χ1v) is 5.08. The molecule has 0 unspecified atom stereocenters. The maximum Gasteiger partial charge on any atom is 0.342 e. The zero-order valence-corrected chi connectivity index (χ0v) is 9.49. The van der Waals surface area contributed by atoms with Crippen LogP contribution in [0.2, 0.25) is 0 Å². The van der Waals surface area contributed by atoms with Crippen LogP contribution in [0.1, 0.15) is 0 Å². The predicted molar refractivity (Wildman–Crippen MR) is 61.7 cm³/mol. The van der Waals surface area contributed by atoms with Crippen LogP contribution in [0.3, 0.4) is 0 Å². The summed E-state index contributed by atoms with van der Waals surface area (Å²) >= 11 is 0. The first kappa shape index (κ1) is 11.8. The molecule has 1 aromatic rings. The van der Waals surface area contributed by atoms with E-state index in [1.54, 1.807) is 6.07 Å². The summed E-state index contributed by atoms with van der Waals surface area (Å²) < 4.78 is 0. The number of imide groups is 1. The molecule has 2 rings (SSSR count). The summed E-state index contributed by atoms with van der Waals surface area (Å²) in [5.74, 6) is -0.384. The minimum absolute atomic E-state index is 0.0661. The second kappa shape index (κ2) is 4.32. The van der Waals surface area contributed by atoms with Crippen LogP contribution in [0.25, 0.3) is 0 Å². The Balaban J connectivity index is 2.27. The molecule has 1 N–H and O–H groups in total. The number of hydrogen-bond donors (Lipinski definition) is 1. The Hall–Kier alpha value is -2.64. The number of carbonyl (C=O) groups is 2. The molecule has 8 heteroatoms. The van der Waals surface area contributed by atoms with Crippen molar-refractivity contribution in [3.63, 3.8) is 0 Å². The Labute approximate surface area is 102 Å². The van der Waals surface area contributed by atoms with Crippen LogP contribution in [-0.2, 0) is 4.79 Å². The summed E-state index contributed by atoms with van der Waals surface area (Å²) in [5.41, 5.74) is 2.74. The average Bonchev–Trinajstić information content (AvgIpc) is 2.35. The summed E-state index contributed by atoms with van der Waals surface area (Å²) in [7, 11) is 1.36. The van der Waals surface area contributed by atoms with Crippen molar-refractivity contribution in [3.8, 4) is 0 Å². The highest BCUT2D eigenvalue weighted by atomic mass is 16.6. The van der Waals surface area contributed by atoms with E-state index in [0.717, 1.165) is 4.90 Å². The molecule has 1 aliphatic rings. The Bertz CT molecular complexity index is 512. The predicted octanol–water partition coefficient (Wildman–Crippen LogP) is 0.498. The van der Waals surface area contributed by atoms with E-state index in [-0.39, 0.29) is 18.1 Å². The number of nitrogens with one attached hydrogen (secondary N) is 1. The minimum Gasteiger partial charge on any atom is -0.274 e. The van der Waals surface area contributed by atoms with Gasteiger partial charge in [0.05, 0.1) is 10.6 Å². The molecule has 1 fully saturated rings. The first-order chi connectivity index (χ1) is 8.49. The summed E-state index contributed by atoms with van der Waals surface area (Å²) in [6.45, 7) is -0.0661. The Morgan fingerprint density at radius 2 is 2.11 bits per heavy atom. The van der Waals surface area contributed by atoms with E-state index in [9.17, 15) is 19.7 Å². The Morgan fingerprint density at radius 1 is 1.39 bits per heavy atom. The molecule has 0 aromatic heterocycles. The number of benzene rings is 1. The number of likely N-dealkylation sites (N-methyl/N-ethyl adjacent to an activating group) is 1. The Kier molecular flexibility index (Phi) is 2.84. The number of nitrogens with zero attached hydrogens (tertiary/aromatic N) is 3. The fraction of sp³-hybridized carbons (Fsp3) is 0.200. The van der Waals surface area contributed by atoms with Gasteiger partial charge in [-0.25, -0.2) is 10.2 Å². The van der Waals surface area contributed by atoms with Crippen LogP contribution in [0, 0.1) is 10.1 Å². The third-order valence-corrected chi connectivity index (χ3v) is 2.55. The van der Waals surface area contributed by atoms with Gasteiger partial charge >= 0.3 is 6.03 Å². The second-order valence-electron chi connectivity index (χ2n) is 3.73. The van der Waals surface area contributed by atoms with Gasteiger partial charge in [0.2, 0.25) is 0 Å². The highest BCUT2D eigenvalue weighted by Gasteiger charge is 2.28. The quantitative estimate of drug-likeness (QED) is 0.609. The molecule has 1 heterocycles. The zero-order valence-electron chi connectivity index (χ0n) is 9.49. The SMILES string of the molecule is CN1C(=O)CN(c2cccc([N+](=O)[O-])c2)NC1=O. The van der Waals surface area contributed by atoms with Crippen molar-refractivity contribution < 1.29 is 14.5 Å². The van der Waals surface area contributed by atoms with E-state index in [0.29, 0.717) is 5.69 Å². The van der Waals surface area contributed by atoms with Crippen LogP contribution in [0.15, 0.2) is 24.3 Å². The lowest BCUT2D eigenvalue weighted by atomic mass is 10.2. The molecule has 1 aromatic carbocycles. The van der Waals surface area contributed by atoms with Crippen molar-refractivity contribution in [2.75, 3.05) is 18.6 Å². The van der Waals surface area contributed by atoms with Gasteiger partial charge in [-0.15, -0.1) is 0 Å². The van der Waals surface area contributed by atoms with E-state index in [2.05, 4.69) is 5.43 Å². The smallest absolute Gasteiger partial charge is 0.274 e. The van der Waals surface area contributed by atoms with Crippen LogP contribution < -0.4 is 10.4 Å². The van der Waals surface area contributed by atoms with Gasteiger partial charge < -0.3 is 0 Å². The van der Waals surface area contributed by atoms with Crippen LogP contribution in [0.4, 0.5) is 16.2 Å². The van der Waals surface area contributed by atoms with Crippen LogP contribution in [-0.4, -0.2) is 35.4 Å². The molecule has 0 radical (unpaired) electrons. The van der Waals surface area contributed by atoms with E-state index < -0.39 is 11.0 Å². The molecule has 18 heavy (non-hydrogen) atoms. The van der Waals surface area contributed by atoms with Crippen LogP contribution >= 0.6 is 0 Å². The van der Waals surface area contributed by atoms with Crippen LogP contribution in [0.5, 0.6) is 0 Å². The molecule has 0 spiro atoms. The number of hydrazine groups is 1. The van der Waals surface area contributed by atoms with Gasteiger partial charge in [-0.05, 0) is 6.07 Å². The molecule has 0 aliphatic carbocycles. The van der Waals surface area contributed by atoms with Gasteiger partial charge in [-0.2, -0.15) is 0 Å². The van der Waals surface area contributed by atoms with E-state index >= 15 is 0 Å². The first-order valence-electron chi connectivity index (χ1n) is 5.08. The normalized spacial score (nSPS) is 15.6. The third-order valence-electron chi connectivity index (χ3n) is 2.55. The number of hydrogen-bond acceptors (Lipinski definition) is 5. The van der Waals surface area contributed by atoms with Crippen molar-refractivity contribution in [1.82, 2.24) is 10.3 Å². The van der Waals surface area contributed by atoms with E-state index in [1.165, 1.54) is 30.3 Å². The van der Waals surface area contributed by atoms with Crippen molar-refractivity contribution >= 4 is 23.3 Å². The summed E-state index contributed by atoms with van der Waals surface area (Å²) in [4.78, 5) is 34.0. The largest absolute Gasteiger partial charge is 0.342 e. The standard InChI is InChI=1S/C10H10N4O4/c1-12-9(15)6-13(11-10(12)16)7-3-2-4-8(5-7)14(17)18/h2-5H,6H2,1H3,(H,11,16). The van der Waals surface area contributed by atoms with Gasteiger partial charge in [0.15, 0.2) is 0 Å². The number of anilines is 1. The maximum atomic E-state index is 11.5. The van der Waals surface area contributed by atoms with E-state index in [1.807, 2.05) is 0 Å². The third kappa shape index (κ3) is 2.08. The molecule has 0 bridgehead atoms. The molecule has 94 valence electrons. The Morgan fingerprint density at radius 3 is 2.72 bits per heavy atom. The summed E-state index contributed by atoms with van der Waals surface area (Å²) in [6, 6.07) is 5.12. The number of nitro groups is 1. The van der Waals surface area contributed by atoms with Crippen molar-refractivity contribution in [2.24, 2.45) is 0 Å². The van der Waals surface area contributed by atoms with E-state index in [4.69, 9.17) is 0 Å². The molecule has 0 saturated carbocycles. The molecule has 1 aliphatic heterocycles. The van der Waals surface area contributed by atoms with Gasteiger partial charge in [-0.1, -0.05) is 6.07 Å². The lowest BCUT2D eigenvalue weighted by Gasteiger charge is -2.32. The minimum atomic E-state index is -0.572. The number of non-ortho nitro benzene ring substituents is 1. The number of nitro benzene ring substituents is 1. The van der Waals surface area contributed by atoms with Crippen molar-refractivity contribution in [2.45, 2.75) is 0 Å². The fourth-order valence-corrected chi connectivity index (χ4v) is 1.51. The number of rotatable bonds is 2. The average molecular weight is 250 g/mol. The zero-order chi connectivity index (χ0) is 13.3. The molecular formula is C10H10N4O4. The highest BCUT2D eigenvalue weighted by molar-refractivity contribution is 5.99. The number of carbonyl (C=O) groups excluding carboxylic acids is 2. The molecule has 1 saturated heterocycles. The lowest BCUT2D eigenvalue weighted by molar-refractivity contribution is -0.384. The van der Waals surface area contributed by atoms with Gasteiger partial charge in [0, 0.05) is 19.2 Å². The topological polar surface area (TPSA) is 95.8 Å². The fourth-order valence-electron chi connectivity index (χ4n) is 1.51. The molecule has 0 atom stereocenters. The van der Waals surface area contributed by atoms with Gasteiger partial charge in [-0.3, -0.25) is 24.8 Å². The lowest BCUT2D eigenvalue weighted by Crippen LogP contribution is -2.59. The highest BCUT2D eigenvalue weighted by Crippen LogP contribution is 2.21. The van der Waals surface area contributed by atoms with Gasteiger partial charge in [0.25, 0.3) is 11.6 Å². The second-order valence-corrected chi connectivity index (χ2v) is 3.73. The molecular weight excluding hydrogens is 240 g/mol. The van der Waals surface area contributed by atoms with Crippen molar-refractivity contribution in [3.05, 3.63) is 34.4 Å².